The van der Waals surface area contributed by atoms with Crippen LogP contribution in [-0.4, -0.2) is 60.9 Å². The summed E-state index contributed by atoms with van der Waals surface area (Å²) in [4.78, 5) is 31.4. The van der Waals surface area contributed by atoms with Gasteiger partial charge in [0.15, 0.2) is 0 Å². The van der Waals surface area contributed by atoms with E-state index in [0.717, 1.165) is 50.6 Å². The van der Waals surface area contributed by atoms with Gasteiger partial charge in [0.2, 0.25) is 0 Å². The van der Waals surface area contributed by atoms with Crippen molar-refractivity contribution in [2.45, 2.75) is 51.0 Å². The number of hydrogen-bond acceptors (Lipinski definition) is 4. The molecule has 2 aromatic carbocycles. The zero-order chi connectivity index (χ0) is 24.3. The maximum absolute atomic E-state index is 12.8. The van der Waals surface area contributed by atoms with E-state index >= 15 is 0 Å². The van der Waals surface area contributed by atoms with Crippen molar-refractivity contribution in [2.75, 3.05) is 49.5 Å². The number of Topliss-reactive ketones (excluding diaryl/α,β-unsaturated/α-hetero) is 1. The number of anilines is 2. The molecule has 2 heterocycles. The quantitative estimate of drug-likeness (QED) is 0.669. The third kappa shape index (κ3) is 5.22. The number of likely N-dealkylation sites (tertiary alicyclic amines) is 1. The molecule has 1 saturated carbocycles. The molecule has 5 rings (SSSR count). The number of amides is 2. The molecule has 6 nitrogen and oxygen atoms in total. The summed E-state index contributed by atoms with van der Waals surface area (Å²) in [7, 11) is 0. The average molecular weight is 475 g/mol. The van der Waals surface area contributed by atoms with Gasteiger partial charge in [-0.15, -0.1) is 0 Å². The fourth-order valence-electron chi connectivity index (χ4n) is 6.11. The van der Waals surface area contributed by atoms with Gasteiger partial charge < -0.3 is 15.1 Å². The second kappa shape index (κ2) is 10.4. The van der Waals surface area contributed by atoms with Gasteiger partial charge in [-0.2, -0.15) is 0 Å². The van der Waals surface area contributed by atoms with Crippen molar-refractivity contribution >= 4 is 23.2 Å². The fraction of sp³-hybridized carbons (Fsp3) is 0.517. The van der Waals surface area contributed by atoms with Gasteiger partial charge in [-0.1, -0.05) is 37.3 Å². The molecule has 2 amide bonds. The molecule has 0 radical (unpaired) electrons. The van der Waals surface area contributed by atoms with Gasteiger partial charge in [0.05, 0.1) is 0 Å². The predicted molar refractivity (Wildman–Crippen MR) is 141 cm³/mol. The smallest absolute Gasteiger partial charge is 0.321 e. The summed E-state index contributed by atoms with van der Waals surface area (Å²) in [5.41, 5.74) is 3.50. The lowest BCUT2D eigenvalue weighted by atomic mass is 9.71. The van der Waals surface area contributed by atoms with Crippen molar-refractivity contribution in [1.82, 2.24) is 9.80 Å². The van der Waals surface area contributed by atoms with Crippen molar-refractivity contribution in [3.8, 4) is 0 Å². The Balaban J connectivity index is 1.33. The number of nitrogens with zero attached hydrogens (tertiary/aromatic N) is 3. The number of urea groups is 1. The summed E-state index contributed by atoms with van der Waals surface area (Å²) in [6.45, 7) is 7.55. The molecule has 6 heteroatoms. The highest BCUT2D eigenvalue weighted by atomic mass is 16.2. The van der Waals surface area contributed by atoms with Crippen LogP contribution in [-0.2, 0) is 10.3 Å². The predicted octanol–water partition coefficient (Wildman–Crippen LogP) is 5.11. The summed E-state index contributed by atoms with van der Waals surface area (Å²) in [5, 5.41) is 3.11. The van der Waals surface area contributed by atoms with Gasteiger partial charge in [0, 0.05) is 69.0 Å². The summed E-state index contributed by atoms with van der Waals surface area (Å²) in [6, 6.07) is 19.2. The van der Waals surface area contributed by atoms with Crippen LogP contribution in [0.1, 0.15) is 51.0 Å². The molecular formula is C29H38N4O2. The third-order valence-corrected chi connectivity index (χ3v) is 8.37. The van der Waals surface area contributed by atoms with E-state index in [4.69, 9.17) is 0 Å². The number of para-hydroxylation sites is 1. The molecule has 186 valence electrons. The van der Waals surface area contributed by atoms with Gasteiger partial charge in [-0.3, -0.25) is 9.69 Å². The van der Waals surface area contributed by atoms with Crippen LogP contribution in [0.2, 0.25) is 0 Å². The van der Waals surface area contributed by atoms with Crippen LogP contribution in [0.3, 0.4) is 0 Å². The number of nitrogens with one attached hydrogen (secondary N) is 1. The Labute approximate surface area is 209 Å². The summed E-state index contributed by atoms with van der Waals surface area (Å²) in [5.74, 6) is 1.01. The maximum Gasteiger partial charge on any atom is 0.321 e. The third-order valence-electron chi connectivity index (χ3n) is 8.37. The van der Waals surface area contributed by atoms with Crippen molar-refractivity contribution in [3.63, 3.8) is 0 Å². The molecule has 2 aromatic rings. The van der Waals surface area contributed by atoms with E-state index in [1.165, 1.54) is 24.1 Å². The van der Waals surface area contributed by atoms with Crippen molar-refractivity contribution < 1.29 is 9.59 Å². The lowest BCUT2D eigenvalue weighted by Crippen LogP contribution is -2.56. The number of benzene rings is 2. The van der Waals surface area contributed by atoms with Crippen molar-refractivity contribution in [3.05, 3.63) is 60.2 Å². The number of rotatable bonds is 4. The fourth-order valence-corrected chi connectivity index (χ4v) is 6.11. The Kier molecular flexibility index (Phi) is 7.09. The highest BCUT2D eigenvalue weighted by molar-refractivity contribution is 5.91. The standard InChI is InChI=1S/C29H38N4O2/c1-23-10-14-29(15-11-23,33-20-18-31(19-21-33)26-8-3-2-4-9-26)24-6-5-7-25(22-24)30-28(35)32-16-12-27(34)13-17-32/h2-9,22-23H,10-21H2,1H3,(H,30,35). The van der Waals surface area contributed by atoms with Gasteiger partial charge in [-0.25, -0.2) is 4.79 Å². The molecule has 2 saturated heterocycles. The summed E-state index contributed by atoms with van der Waals surface area (Å²) < 4.78 is 0. The molecule has 0 unspecified atom stereocenters. The second-order valence-corrected chi connectivity index (χ2v) is 10.6. The largest absolute Gasteiger partial charge is 0.369 e. The number of hydrogen-bond donors (Lipinski definition) is 1. The minimum absolute atomic E-state index is 0.0214. The SMILES string of the molecule is CC1CCC(c2cccc(NC(=O)N3CCC(=O)CC3)c2)(N2CCN(c3ccccc3)CC2)CC1. The first-order chi connectivity index (χ1) is 17.0. The molecule has 0 bridgehead atoms. The first-order valence-corrected chi connectivity index (χ1v) is 13.3. The minimum atomic E-state index is -0.0996. The van der Waals surface area contributed by atoms with Gasteiger partial charge in [0.1, 0.15) is 5.78 Å². The number of piperazine rings is 1. The second-order valence-electron chi connectivity index (χ2n) is 10.6. The van der Waals surface area contributed by atoms with Crippen LogP contribution in [0.25, 0.3) is 0 Å². The van der Waals surface area contributed by atoms with Crippen LogP contribution in [0.5, 0.6) is 0 Å². The first kappa shape index (κ1) is 23.9. The monoisotopic (exact) mass is 474 g/mol. The summed E-state index contributed by atoms with van der Waals surface area (Å²) in [6.07, 6.45) is 5.71. The zero-order valence-electron chi connectivity index (χ0n) is 20.9. The van der Waals surface area contributed by atoms with Crippen molar-refractivity contribution in [1.29, 1.82) is 0 Å². The molecule has 35 heavy (non-hydrogen) atoms. The van der Waals surface area contributed by atoms with Crippen LogP contribution >= 0.6 is 0 Å². The van der Waals surface area contributed by atoms with E-state index in [0.29, 0.717) is 25.9 Å². The highest BCUT2D eigenvalue weighted by Gasteiger charge is 2.42. The molecule has 0 aromatic heterocycles. The van der Waals surface area contributed by atoms with E-state index in [-0.39, 0.29) is 17.4 Å². The number of carbonyl (C=O) groups excluding carboxylic acids is 2. The van der Waals surface area contributed by atoms with E-state index in [9.17, 15) is 9.59 Å². The van der Waals surface area contributed by atoms with E-state index in [2.05, 4.69) is 70.6 Å². The molecule has 1 aliphatic carbocycles. The van der Waals surface area contributed by atoms with E-state index in [1.807, 2.05) is 6.07 Å². The Morgan fingerprint density at radius 3 is 2.26 bits per heavy atom. The summed E-state index contributed by atoms with van der Waals surface area (Å²) >= 11 is 0. The number of ketones is 1. The minimum Gasteiger partial charge on any atom is -0.369 e. The van der Waals surface area contributed by atoms with Crippen molar-refractivity contribution in [2.24, 2.45) is 5.92 Å². The van der Waals surface area contributed by atoms with E-state index in [1.54, 1.807) is 4.90 Å². The van der Waals surface area contributed by atoms with Crippen LogP contribution in [0.4, 0.5) is 16.2 Å². The average Bonchev–Trinajstić information content (AvgIpc) is 2.90. The molecule has 3 aliphatic rings. The molecule has 0 spiro atoms. The molecule has 1 N–H and O–H groups in total. The number of carbonyl (C=O) groups is 2. The Bertz CT molecular complexity index is 1010. The lowest BCUT2D eigenvalue weighted by molar-refractivity contribution is -0.120. The van der Waals surface area contributed by atoms with Gasteiger partial charge in [0.25, 0.3) is 0 Å². The van der Waals surface area contributed by atoms with Crippen LogP contribution < -0.4 is 10.2 Å². The Morgan fingerprint density at radius 2 is 1.57 bits per heavy atom. The highest BCUT2D eigenvalue weighted by Crippen LogP contribution is 2.45. The Hall–Kier alpha value is -2.86. The van der Waals surface area contributed by atoms with E-state index < -0.39 is 0 Å². The molecule has 0 atom stereocenters. The number of piperidine rings is 1. The molecular weight excluding hydrogens is 436 g/mol. The first-order valence-electron chi connectivity index (χ1n) is 13.3. The Morgan fingerprint density at radius 1 is 0.886 bits per heavy atom. The normalized spacial score (nSPS) is 26.0. The zero-order valence-corrected chi connectivity index (χ0v) is 20.9. The molecule has 2 aliphatic heterocycles. The molecule has 3 fully saturated rings. The van der Waals surface area contributed by atoms with Crippen LogP contribution in [0.15, 0.2) is 54.6 Å². The topological polar surface area (TPSA) is 55.9 Å². The maximum atomic E-state index is 12.8. The van der Waals surface area contributed by atoms with Crippen LogP contribution in [0, 0.1) is 5.92 Å². The van der Waals surface area contributed by atoms with Gasteiger partial charge >= 0.3 is 6.03 Å². The van der Waals surface area contributed by atoms with Gasteiger partial charge in [-0.05, 0) is 61.4 Å². The lowest BCUT2D eigenvalue weighted by Gasteiger charge is -2.51.